The molecule has 1 saturated heterocycles. The molecule has 2 heterocycles. The molecule has 27 heavy (non-hydrogen) atoms. The average Bonchev–Trinajstić information content (AvgIpc) is 3.11. The smallest absolute Gasteiger partial charge is 0.236 e. The number of rotatable bonds is 7. The van der Waals surface area contributed by atoms with Crippen LogP contribution in [0.4, 0.5) is 4.39 Å². The van der Waals surface area contributed by atoms with E-state index in [1.165, 1.54) is 6.07 Å². The fourth-order valence-corrected chi connectivity index (χ4v) is 3.84. The van der Waals surface area contributed by atoms with Crippen molar-refractivity contribution in [3.63, 3.8) is 0 Å². The van der Waals surface area contributed by atoms with Gasteiger partial charge in [-0.05, 0) is 63.1 Å². The molecule has 5 heteroatoms. The number of pyridine rings is 1. The molecule has 1 fully saturated rings. The summed E-state index contributed by atoms with van der Waals surface area (Å²) in [6, 6.07) is 12.9. The molecular weight excluding hydrogens is 341 g/mol. The number of benzene rings is 1. The number of nitrogens with zero attached hydrogens (tertiary/aromatic N) is 3. The molecule has 1 aliphatic heterocycles. The maximum atomic E-state index is 13.4. The van der Waals surface area contributed by atoms with Crippen molar-refractivity contribution in [3.8, 4) is 0 Å². The topological polar surface area (TPSA) is 36.4 Å². The number of hydrogen-bond donors (Lipinski definition) is 0. The lowest BCUT2D eigenvalue weighted by Gasteiger charge is -2.27. The van der Waals surface area contributed by atoms with Gasteiger partial charge >= 0.3 is 0 Å². The van der Waals surface area contributed by atoms with Crippen LogP contribution in [0.15, 0.2) is 42.5 Å². The van der Waals surface area contributed by atoms with Crippen molar-refractivity contribution in [2.24, 2.45) is 0 Å². The first-order chi connectivity index (χ1) is 13.1. The number of carbonyl (C=O) groups is 1. The van der Waals surface area contributed by atoms with Crippen LogP contribution >= 0.6 is 0 Å². The minimum Gasteiger partial charge on any atom is -0.342 e. The summed E-state index contributed by atoms with van der Waals surface area (Å²) in [7, 11) is 0. The molecule has 0 bridgehead atoms. The molecule has 0 radical (unpaired) electrons. The predicted molar refractivity (Wildman–Crippen MR) is 105 cm³/mol. The van der Waals surface area contributed by atoms with E-state index in [1.54, 1.807) is 12.1 Å². The quantitative estimate of drug-likeness (QED) is 0.744. The third-order valence-corrected chi connectivity index (χ3v) is 5.26. The average molecular weight is 369 g/mol. The van der Waals surface area contributed by atoms with Gasteiger partial charge < -0.3 is 4.90 Å². The third kappa shape index (κ3) is 4.92. The van der Waals surface area contributed by atoms with Crippen molar-refractivity contribution in [1.82, 2.24) is 14.8 Å². The molecule has 144 valence electrons. The van der Waals surface area contributed by atoms with E-state index in [2.05, 4.69) is 4.90 Å². The molecule has 3 rings (SSSR count). The maximum Gasteiger partial charge on any atom is 0.236 e. The fourth-order valence-electron chi connectivity index (χ4n) is 3.84. The Morgan fingerprint density at radius 3 is 2.74 bits per heavy atom. The Morgan fingerprint density at radius 1 is 1.22 bits per heavy atom. The van der Waals surface area contributed by atoms with E-state index in [-0.39, 0.29) is 17.8 Å². The minimum atomic E-state index is -0.222. The van der Waals surface area contributed by atoms with Crippen molar-refractivity contribution in [3.05, 3.63) is 65.2 Å². The van der Waals surface area contributed by atoms with Crippen molar-refractivity contribution in [2.75, 3.05) is 26.2 Å². The second-order valence-electron chi connectivity index (χ2n) is 7.06. The molecule has 1 amide bonds. The Morgan fingerprint density at radius 2 is 2.00 bits per heavy atom. The van der Waals surface area contributed by atoms with E-state index in [4.69, 9.17) is 4.98 Å². The zero-order chi connectivity index (χ0) is 19.2. The summed E-state index contributed by atoms with van der Waals surface area (Å²) >= 11 is 0. The van der Waals surface area contributed by atoms with Gasteiger partial charge in [-0.2, -0.15) is 0 Å². The molecular formula is C22H28FN3O. The Balaban J connectivity index is 1.72. The molecule has 1 aromatic heterocycles. The van der Waals surface area contributed by atoms with E-state index in [0.29, 0.717) is 13.0 Å². The van der Waals surface area contributed by atoms with E-state index in [0.717, 1.165) is 49.4 Å². The van der Waals surface area contributed by atoms with Gasteiger partial charge in [-0.1, -0.05) is 18.2 Å². The summed E-state index contributed by atoms with van der Waals surface area (Å²) in [5.41, 5.74) is 2.86. The van der Waals surface area contributed by atoms with Crippen LogP contribution < -0.4 is 0 Å². The van der Waals surface area contributed by atoms with Crippen molar-refractivity contribution in [2.45, 2.75) is 39.2 Å². The number of amides is 1. The number of likely N-dealkylation sites (tertiary alicyclic amines) is 1. The molecule has 0 saturated carbocycles. The van der Waals surface area contributed by atoms with Gasteiger partial charge in [0, 0.05) is 25.2 Å². The normalized spacial score (nSPS) is 17.2. The molecule has 1 aliphatic rings. The first kappa shape index (κ1) is 19.5. The van der Waals surface area contributed by atoms with Crippen molar-refractivity contribution in [1.29, 1.82) is 0 Å². The second-order valence-corrected chi connectivity index (χ2v) is 7.06. The van der Waals surface area contributed by atoms with Crippen LogP contribution in [0.2, 0.25) is 0 Å². The SMILES string of the molecule is CCN(CC)C(=O)CN1CCCC1c1cccc(Cc2cccc(F)c2)n1. The van der Waals surface area contributed by atoms with E-state index < -0.39 is 0 Å². The standard InChI is InChI=1S/C22H28FN3O/c1-3-25(4-2)22(27)16-26-13-7-12-21(26)20-11-6-10-19(24-20)15-17-8-5-9-18(23)14-17/h5-6,8-11,14,21H,3-4,7,12-13,15-16H2,1-2H3. The molecule has 1 aromatic carbocycles. The Hall–Kier alpha value is -2.27. The number of aromatic nitrogens is 1. The molecule has 0 spiro atoms. The van der Waals surface area contributed by atoms with Gasteiger partial charge in [0.05, 0.1) is 18.3 Å². The van der Waals surface area contributed by atoms with Crippen LogP contribution in [0.5, 0.6) is 0 Å². The summed E-state index contributed by atoms with van der Waals surface area (Å²) < 4.78 is 13.4. The van der Waals surface area contributed by atoms with Crippen LogP contribution in [0.1, 0.15) is 49.7 Å². The van der Waals surface area contributed by atoms with Gasteiger partial charge in [0.25, 0.3) is 0 Å². The summed E-state index contributed by atoms with van der Waals surface area (Å²) in [4.78, 5) is 21.5. The lowest BCUT2D eigenvalue weighted by Crippen LogP contribution is -2.40. The summed E-state index contributed by atoms with van der Waals surface area (Å²) in [6.45, 7) is 6.89. The largest absolute Gasteiger partial charge is 0.342 e. The Labute approximate surface area is 161 Å². The maximum absolute atomic E-state index is 13.4. The first-order valence-electron chi connectivity index (χ1n) is 9.82. The lowest BCUT2D eigenvalue weighted by molar-refractivity contribution is -0.132. The lowest BCUT2D eigenvalue weighted by atomic mass is 10.1. The minimum absolute atomic E-state index is 0.178. The summed E-state index contributed by atoms with van der Waals surface area (Å²) in [6.07, 6.45) is 2.70. The Kier molecular flexibility index (Phi) is 6.56. The van der Waals surface area contributed by atoms with Gasteiger partial charge in [-0.3, -0.25) is 14.7 Å². The van der Waals surface area contributed by atoms with Crippen LogP contribution in [0.3, 0.4) is 0 Å². The van der Waals surface area contributed by atoms with Gasteiger partial charge in [-0.15, -0.1) is 0 Å². The first-order valence-corrected chi connectivity index (χ1v) is 9.82. The number of hydrogen-bond acceptors (Lipinski definition) is 3. The summed E-state index contributed by atoms with van der Waals surface area (Å²) in [5.74, 6) is -0.0386. The number of carbonyl (C=O) groups excluding carboxylic acids is 1. The second kappa shape index (κ2) is 9.09. The molecule has 1 unspecified atom stereocenters. The van der Waals surface area contributed by atoms with E-state index >= 15 is 0 Å². The fraction of sp³-hybridized carbons (Fsp3) is 0.455. The Bertz CT molecular complexity index is 776. The predicted octanol–water partition coefficient (Wildman–Crippen LogP) is 3.82. The molecule has 0 N–H and O–H groups in total. The van der Waals surface area contributed by atoms with Gasteiger partial charge in [0.15, 0.2) is 0 Å². The monoisotopic (exact) mass is 369 g/mol. The van der Waals surface area contributed by atoms with Crippen molar-refractivity contribution >= 4 is 5.91 Å². The molecule has 0 aliphatic carbocycles. The highest BCUT2D eigenvalue weighted by atomic mass is 19.1. The number of halogens is 1. The molecule has 4 nitrogen and oxygen atoms in total. The highest BCUT2D eigenvalue weighted by Crippen LogP contribution is 2.30. The zero-order valence-corrected chi connectivity index (χ0v) is 16.2. The molecule has 2 aromatic rings. The van der Waals surface area contributed by atoms with Gasteiger partial charge in [-0.25, -0.2) is 4.39 Å². The zero-order valence-electron chi connectivity index (χ0n) is 16.2. The molecule has 1 atom stereocenters. The van der Waals surface area contributed by atoms with Crippen molar-refractivity contribution < 1.29 is 9.18 Å². The highest BCUT2D eigenvalue weighted by Gasteiger charge is 2.29. The van der Waals surface area contributed by atoms with Crippen LogP contribution in [0.25, 0.3) is 0 Å². The van der Waals surface area contributed by atoms with E-state index in [9.17, 15) is 9.18 Å². The van der Waals surface area contributed by atoms with Crippen LogP contribution in [-0.2, 0) is 11.2 Å². The van der Waals surface area contributed by atoms with E-state index in [1.807, 2.05) is 43.0 Å². The third-order valence-electron chi connectivity index (χ3n) is 5.26. The van der Waals surface area contributed by atoms with Gasteiger partial charge in [0.1, 0.15) is 5.82 Å². The van der Waals surface area contributed by atoms with Crippen LogP contribution in [-0.4, -0.2) is 46.9 Å². The summed E-state index contributed by atoms with van der Waals surface area (Å²) in [5, 5.41) is 0. The highest BCUT2D eigenvalue weighted by molar-refractivity contribution is 5.78. The van der Waals surface area contributed by atoms with Crippen LogP contribution in [0, 0.1) is 5.82 Å². The number of likely N-dealkylation sites (N-methyl/N-ethyl adjacent to an activating group) is 1. The van der Waals surface area contributed by atoms with Gasteiger partial charge in [0.2, 0.25) is 5.91 Å².